The first-order chi connectivity index (χ1) is 16.3. The highest BCUT2D eigenvalue weighted by Crippen LogP contribution is 2.17. The molecule has 2 rings (SSSR count). The third kappa shape index (κ3) is 9.72. The number of anilines is 1. The van der Waals surface area contributed by atoms with E-state index >= 15 is 0 Å². The molecule has 1 aliphatic heterocycles. The van der Waals surface area contributed by atoms with Gasteiger partial charge in [0, 0.05) is 50.4 Å². The minimum Gasteiger partial charge on any atom is -0.480 e. The molecule has 0 bridgehead atoms. The van der Waals surface area contributed by atoms with E-state index in [-0.39, 0.29) is 32.0 Å². The van der Waals surface area contributed by atoms with Crippen molar-refractivity contribution in [1.82, 2.24) is 14.7 Å². The highest BCUT2D eigenvalue weighted by Gasteiger charge is 2.26. The highest BCUT2D eigenvalue weighted by atomic mass is 32.1. The van der Waals surface area contributed by atoms with Crippen molar-refractivity contribution in [2.24, 2.45) is 5.92 Å². The van der Waals surface area contributed by atoms with Gasteiger partial charge in [-0.15, -0.1) is 0 Å². The fourth-order valence-electron chi connectivity index (χ4n) is 3.72. The van der Waals surface area contributed by atoms with Gasteiger partial charge >= 0.3 is 5.97 Å². The number of thiocarbonyl (C=S) groups is 1. The lowest BCUT2D eigenvalue weighted by molar-refractivity contribution is -0.138. The number of carbonyl (C=O) groups excluding carboxylic acids is 2. The molecule has 1 aromatic carbocycles. The van der Waals surface area contributed by atoms with Gasteiger partial charge in [0.2, 0.25) is 0 Å². The van der Waals surface area contributed by atoms with Crippen LogP contribution in [-0.2, 0) is 30.3 Å². The van der Waals surface area contributed by atoms with Crippen molar-refractivity contribution in [1.29, 1.82) is 0 Å². The van der Waals surface area contributed by atoms with Crippen molar-refractivity contribution in [3.8, 4) is 0 Å². The molecule has 0 amide bonds. The van der Waals surface area contributed by atoms with Crippen molar-refractivity contribution in [2.75, 3.05) is 58.0 Å². The van der Waals surface area contributed by atoms with Gasteiger partial charge in [-0.2, -0.15) is 0 Å². The minimum atomic E-state index is -0.916. The third-order valence-corrected chi connectivity index (χ3v) is 6.20. The summed E-state index contributed by atoms with van der Waals surface area (Å²) in [4.78, 5) is 39.6. The largest absolute Gasteiger partial charge is 0.480 e. The van der Waals surface area contributed by atoms with E-state index < -0.39 is 5.97 Å². The summed E-state index contributed by atoms with van der Waals surface area (Å²) in [6.45, 7) is 7.61. The van der Waals surface area contributed by atoms with Crippen molar-refractivity contribution in [3.05, 3.63) is 29.8 Å². The van der Waals surface area contributed by atoms with Crippen LogP contribution >= 0.6 is 12.2 Å². The summed E-state index contributed by atoms with van der Waals surface area (Å²) in [5, 5.41) is 12.6. The van der Waals surface area contributed by atoms with E-state index in [0.717, 1.165) is 16.2 Å². The summed E-state index contributed by atoms with van der Waals surface area (Å²) in [6.07, 6.45) is 0.637. The molecule has 0 unspecified atom stereocenters. The predicted octanol–water partition coefficient (Wildman–Crippen LogP) is 1.26. The SMILES string of the molecule is CC(C)C(=S)Nc1ccc(C[C@H]2CN(CC(=O)O)CCN(COC=O)CCN2COC=O)cc1. The Labute approximate surface area is 205 Å². The van der Waals surface area contributed by atoms with Crippen LogP contribution in [0.25, 0.3) is 0 Å². The Morgan fingerprint density at radius 3 is 2.32 bits per heavy atom. The van der Waals surface area contributed by atoms with Gasteiger partial charge in [-0.25, -0.2) is 0 Å². The van der Waals surface area contributed by atoms with Crippen LogP contribution in [0.3, 0.4) is 0 Å². The van der Waals surface area contributed by atoms with E-state index in [0.29, 0.717) is 52.1 Å². The Morgan fingerprint density at radius 1 is 1.09 bits per heavy atom. The molecule has 1 heterocycles. The van der Waals surface area contributed by atoms with Gasteiger partial charge in [0.15, 0.2) is 0 Å². The van der Waals surface area contributed by atoms with Crippen molar-refractivity contribution < 1.29 is 29.0 Å². The molecule has 1 atom stereocenters. The van der Waals surface area contributed by atoms with Gasteiger partial charge in [0.1, 0.15) is 13.5 Å². The number of nitrogens with one attached hydrogen (secondary N) is 1. The molecule has 0 aliphatic carbocycles. The average Bonchev–Trinajstić information content (AvgIpc) is 2.87. The van der Waals surface area contributed by atoms with E-state index in [1.807, 2.05) is 52.8 Å². The number of carboxylic acids is 1. The molecule has 1 aromatic rings. The van der Waals surface area contributed by atoms with Crippen LogP contribution in [-0.4, -0.2) is 102 Å². The molecule has 0 spiro atoms. The zero-order chi connectivity index (χ0) is 24.9. The number of carboxylic acid groups (broad SMARTS) is 1. The van der Waals surface area contributed by atoms with Crippen molar-refractivity contribution >= 4 is 41.8 Å². The van der Waals surface area contributed by atoms with Crippen LogP contribution in [0.1, 0.15) is 19.4 Å². The number of nitrogens with zero attached hydrogens (tertiary/aromatic N) is 3. The molecule has 1 saturated heterocycles. The Hall–Kier alpha value is -2.60. The molecule has 0 aromatic heterocycles. The number of rotatable bonds is 12. The Kier molecular flexibility index (Phi) is 11.9. The second kappa shape index (κ2) is 14.6. The predicted molar refractivity (Wildman–Crippen MR) is 131 cm³/mol. The first-order valence-corrected chi connectivity index (χ1v) is 11.6. The number of hydrogen-bond donors (Lipinski definition) is 2. The Balaban J connectivity index is 2.20. The number of aliphatic carboxylic acids is 1. The van der Waals surface area contributed by atoms with Crippen LogP contribution in [0.2, 0.25) is 0 Å². The van der Waals surface area contributed by atoms with Crippen LogP contribution in [0.4, 0.5) is 5.69 Å². The van der Waals surface area contributed by atoms with Crippen LogP contribution in [0, 0.1) is 5.92 Å². The summed E-state index contributed by atoms with van der Waals surface area (Å²) in [6, 6.07) is 7.88. The molecule has 10 nitrogen and oxygen atoms in total. The van der Waals surface area contributed by atoms with E-state index in [9.17, 15) is 19.5 Å². The fraction of sp³-hybridized carbons (Fsp3) is 0.565. The van der Waals surface area contributed by atoms with Crippen LogP contribution < -0.4 is 5.32 Å². The number of carbonyl (C=O) groups is 3. The molecule has 11 heteroatoms. The monoisotopic (exact) mass is 494 g/mol. The normalized spacial score (nSPS) is 18.4. The Morgan fingerprint density at radius 2 is 1.71 bits per heavy atom. The van der Waals surface area contributed by atoms with E-state index in [1.165, 1.54) is 0 Å². The first-order valence-electron chi connectivity index (χ1n) is 11.2. The molecule has 188 valence electrons. The smallest absolute Gasteiger partial charge is 0.317 e. The maximum Gasteiger partial charge on any atom is 0.317 e. The van der Waals surface area contributed by atoms with E-state index in [4.69, 9.17) is 21.7 Å². The third-order valence-electron chi connectivity index (χ3n) is 5.63. The maximum absolute atomic E-state index is 11.5. The lowest BCUT2D eigenvalue weighted by Crippen LogP contribution is -2.48. The van der Waals surface area contributed by atoms with Crippen LogP contribution in [0.15, 0.2) is 24.3 Å². The van der Waals surface area contributed by atoms with Gasteiger partial charge in [0.05, 0.1) is 11.5 Å². The lowest BCUT2D eigenvalue weighted by Gasteiger charge is -2.33. The second-order valence-electron chi connectivity index (χ2n) is 8.54. The number of hydrogen-bond acceptors (Lipinski definition) is 9. The highest BCUT2D eigenvalue weighted by molar-refractivity contribution is 7.80. The molecule has 1 aliphatic rings. The van der Waals surface area contributed by atoms with Crippen molar-refractivity contribution in [3.63, 3.8) is 0 Å². The van der Waals surface area contributed by atoms with Crippen LogP contribution in [0.5, 0.6) is 0 Å². The van der Waals surface area contributed by atoms with Gasteiger partial charge in [-0.1, -0.05) is 38.2 Å². The number of benzene rings is 1. The average molecular weight is 495 g/mol. The zero-order valence-corrected chi connectivity index (χ0v) is 20.5. The standard InChI is InChI=1S/C23H34N4O6S/c1-18(2)23(34)24-20-5-3-19(4-6-20)11-21-12-26(13-22(30)31)8-7-25(14-32-16-28)9-10-27(21)15-33-17-29/h3-6,16-18,21H,7-15H2,1-2H3,(H,24,34)(H,30,31)/t21-/m0/s1. The molecule has 1 fully saturated rings. The van der Waals surface area contributed by atoms with Gasteiger partial charge < -0.3 is 19.9 Å². The second-order valence-corrected chi connectivity index (χ2v) is 8.98. The summed E-state index contributed by atoms with van der Waals surface area (Å²) in [5.41, 5.74) is 1.98. The molecule has 0 saturated carbocycles. The van der Waals surface area contributed by atoms with Gasteiger partial charge in [-0.3, -0.25) is 29.1 Å². The topological polar surface area (TPSA) is 112 Å². The van der Waals surface area contributed by atoms with Gasteiger partial charge in [-0.05, 0) is 24.1 Å². The van der Waals surface area contributed by atoms with E-state index in [2.05, 4.69) is 5.32 Å². The fourth-order valence-corrected chi connectivity index (χ4v) is 3.84. The molecule has 2 N–H and O–H groups in total. The summed E-state index contributed by atoms with van der Waals surface area (Å²) < 4.78 is 9.98. The summed E-state index contributed by atoms with van der Waals surface area (Å²) >= 11 is 5.36. The number of ether oxygens (including phenoxy) is 2. The first kappa shape index (κ1) is 27.6. The summed E-state index contributed by atoms with van der Waals surface area (Å²) in [7, 11) is 0. The molecule has 0 radical (unpaired) electrons. The molecular formula is C23H34N4O6S. The summed E-state index contributed by atoms with van der Waals surface area (Å²) in [5.74, 6) is -0.669. The Bertz CT molecular complexity index is 807. The molecule has 34 heavy (non-hydrogen) atoms. The molecular weight excluding hydrogens is 460 g/mol. The zero-order valence-electron chi connectivity index (χ0n) is 19.7. The van der Waals surface area contributed by atoms with Gasteiger partial charge in [0.25, 0.3) is 12.9 Å². The van der Waals surface area contributed by atoms with E-state index in [1.54, 1.807) is 0 Å². The minimum absolute atomic E-state index is 0.0831. The van der Waals surface area contributed by atoms with Crippen molar-refractivity contribution in [2.45, 2.75) is 26.3 Å². The maximum atomic E-state index is 11.5. The quantitative estimate of drug-likeness (QED) is 0.323. The lowest BCUT2D eigenvalue weighted by atomic mass is 10.0.